The van der Waals surface area contributed by atoms with Gasteiger partial charge in [-0.3, -0.25) is 4.79 Å². The van der Waals surface area contributed by atoms with Crippen LogP contribution in [0.4, 0.5) is 5.69 Å². The molecule has 0 aliphatic carbocycles. The van der Waals surface area contributed by atoms with Crippen LogP contribution in [0.25, 0.3) is 0 Å². The first-order valence-corrected chi connectivity index (χ1v) is 15.5. The summed E-state index contributed by atoms with van der Waals surface area (Å²) in [5.74, 6) is 2.78. The standard InChI is InChI=1S/C31H41ClN2O2S/c1-3-24-16-17-34-20-23(11-7-9-22-10-8-12-25(32)19-22)21-36-28-15-14-27(31(33)35)29(30(28)34)26(24)13-5-4-6-18-37-2/h5,8,10,12-15,19,23-24,26H,3-4,6-7,9,11,16-18,20-21H2,1-2H3,(H2,33,35)/b13-5+/t23?,24-,26+/m1/s1. The van der Waals surface area contributed by atoms with Crippen molar-refractivity contribution >= 4 is 35.0 Å². The van der Waals surface area contributed by atoms with Crippen LogP contribution in [0.5, 0.6) is 5.75 Å². The lowest BCUT2D eigenvalue weighted by atomic mass is 9.80. The minimum Gasteiger partial charge on any atom is -0.491 e. The fourth-order valence-electron chi connectivity index (χ4n) is 5.95. The highest BCUT2D eigenvalue weighted by Crippen LogP contribution is 2.48. The van der Waals surface area contributed by atoms with Crippen molar-refractivity contribution in [3.63, 3.8) is 0 Å². The molecule has 4 rings (SSSR count). The van der Waals surface area contributed by atoms with Crippen LogP contribution in [0.15, 0.2) is 48.6 Å². The van der Waals surface area contributed by atoms with Crippen LogP contribution in [-0.2, 0) is 6.42 Å². The second-order valence-corrected chi connectivity index (χ2v) is 11.9. The number of halogens is 1. The van der Waals surface area contributed by atoms with Gasteiger partial charge in [-0.2, -0.15) is 11.8 Å². The lowest BCUT2D eigenvalue weighted by molar-refractivity contribution is 0.0999. The van der Waals surface area contributed by atoms with Crippen molar-refractivity contribution < 1.29 is 9.53 Å². The Balaban J connectivity index is 1.59. The van der Waals surface area contributed by atoms with E-state index in [-0.39, 0.29) is 11.8 Å². The molecule has 2 aliphatic rings. The van der Waals surface area contributed by atoms with Gasteiger partial charge in [-0.25, -0.2) is 0 Å². The molecule has 2 N–H and O–H groups in total. The molecule has 1 unspecified atom stereocenters. The van der Waals surface area contributed by atoms with Crippen LogP contribution in [0, 0.1) is 11.8 Å². The number of hydrogen-bond donors (Lipinski definition) is 1. The van der Waals surface area contributed by atoms with Gasteiger partial charge in [0, 0.05) is 35.5 Å². The maximum absolute atomic E-state index is 12.6. The Labute approximate surface area is 232 Å². The van der Waals surface area contributed by atoms with Gasteiger partial charge in [0.25, 0.3) is 0 Å². The van der Waals surface area contributed by atoms with Crippen molar-refractivity contribution in [2.45, 2.75) is 57.8 Å². The van der Waals surface area contributed by atoms with Crippen LogP contribution in [0.2, 0.25) is 5.02 Å². The molecule has 0 radical (unpaired) electrons. The van der Waals surface area contributed by atoms with Crippen LogP contribution in [0.1, 0.15) is 72.9 Å². The first-order valence-electron chi connectivity index (χ1n) is 13.8. The van der Waals surface area contributed by atoms with E-state index >= 15 is 0 Å². The van der Waals surface area contributed by atoms with Gasteiger partial charge in [0.2, 0.25) is 5.91 Å². The monoisotopic (exact) mass is 540 g/mol. The van der Waals surface area contributed by atoms with Crippen molar-refractivity contribution in [3.05, 3.63) is 70.3 Å². The fourth-order valence-corrected chi connectivity index (χ4v) is 6.62. The number of nitrogens with zero attached hydrogens (tertiary/aromatic N) is 1. The van der Waals surface area contributed by atoms with E-state index in [1.165, 1.54) is 17.7 Å². The first-order chi connectivity index (χ1) is 18.0. The molecule has 1 amide bonds. The number of rotatable bonds is 11. The second kappa shape index (κ2) is 13.6. The Morgan fingerprint density at radius 2 is 2.14 bits per heavy atom. The summed E-state index contributed by atoms with van der Waals surface area (Å²) in [5, 5.41) is 0.798. The molecule has 2 aromatic carbocycles. The van der Waals surface area contributed by atoms with E-state index < -0.39 is 0 Å². The number of thioether (sulfide) groups is 1. The number of benzene rings is 2. The number of nitrogens with two attached hydrogens (primary N) is 1. The van der Waals surface area contributed by atoms with Crippen molar-refractivity contribution in [2.24, 2.45) is 17.6 Å². The van der Waals surface area contributed by atoms with E-state index in [1.54, 1.807) is 0 Å². The molecule has 0 saturated carbocycles. The first kappa shape index (κ1) is 27.9. The molecule has 0 aromatic heterocycles. The summed E-state index contributed by atoms with van der Waals surface area (Å²) in [4.78, 5) is 15.1. The molecule has 2 heterocycles. The molecule has 37 heavy (non-hydrogen) atoms. The number of ether oxygens (including phenoxy) is 1. The molecule has 2 aromatic rings. The number of aryl methyl sites for hydroxylation is 1. The summed E-state index contributed by atoms with van der Waals surface area (Å²) in [6.07, 6.45) is 14.4. The summed E-state index contributed by atoms with van der Waals surface area (Å²) in [7, 11) is 0. The third kappa shape index (κ3) is 7.06. The second-order valence-electron chi connectivity index (χ2n) is 10.4. The van der Waals surface area contributed by atoms with Crippen molar-refractivity contribution in [1.82, 2.24) is 0 Å². The predicted molar refractivity (Wildman–Crippen MR) is 158 cm³/mol. The average Bonchev–Trinajstić information content (AvgIpc) is 3.15. The van der Waals surface area contributed by atoms with E-state index in [0.717, 1.165) is 73.6 Å². The van der Waals surface area contributed by atoms with E-state index in [9.17, 15) is 4.79 Å². The van der Waals surface area contributed by atoms with Gasteiger partial charge in [0.05, 0.1) is 12.3 Å². The van der Waals surface area contributed by atoms with Crippen LogP contribution < -0.4 is 15.4 Å². The van der Waals surface area contributed by atoms with Gasteiger partial charge < -0.3 is 15.4 Å². The Hall–Kier alpha value is -2.11. The Morgan fingerprint density at radius 3 is 2.89 bits per heavy atom. The van der Waals surface area contributed by atoms with Crippen molar-refractivity contribution in [3.8, 4) is 5.75 Å². The minimum atomic E-state index is -0.349. The van der Waals surface area contributed by atoms with Crippen LogP contribution in [-0.4, -0.2) is 37.6 Å². The maximum atomic E-state index is 12.6. The van der Waals surface area contributed by atoms with Gasteiger partial charge in [-0.1, -0.05) is 49.2 Å². The summed E-state index contributed by atoms with van der Waals surface area (Å²) in [6.45, 7) is 4.88. The highest BCUT2D eigenvalue weighted by Gasteiger charge is 2.36. The summed E-state index contributed by atoms with van der Waals surface area (Å²) >= 11 is 8.07. The van der Waals surface area contributed by atoms with Gasteiger partial charge in [-0.15, -0.1) is 0 Å². The molecular weight excluding hydrogens is 500 g/mol. The Bertz CT molecular complexity index is 1090. The normalized spacial score (nSPS) is 21.3. The molecule has 200 valence electrons. The number of carbonyl (C=O) groups excluding carboxylic acids is 1. The summed E-state index contributed by atoms with van der Waals surface area (Å²) in [6, 6.07) is 12.0. The number of amides is 1. The smallest absolute Gasteiger partial charge is 0.249 e. The Morgan fingerprint density at radius 1 is 1.27 bits per heavy atom. The van der Waals surface area contributed by atoms with Gasteiger partial charge in [-0.05, 0) is 91.8 Å². The van der Waals surface area contributed by atoms with E-state index in [0.29, 0.717) is 24.0 Å². The van der Waals surface area contributed by atoms with E-state index in [2.05, 4.69) is 42.4 Å². The molecule has 0 fully saturated rings. The molecule has 0 bridgehead atoms. The zero-order valence-electron chi connectivity index (χ0n) is 22.3. The largest absolute Gasteiger partial charge is 0.491 e. The molecule has 3 atom stereocenters. The zero-order valence-corrected chi connectivity index (χ0v) is 23.8. The number of carbonyl (C=O) groups is 1. The van der Waals surface area contributed by atoms with E-state index in [1.807, 2.05) is 36.0 Å². The molecule has 0 saturated heterocycles. The third-order valence-electron chi connectivity index (χ3n) is 7.88. The highest BCUT2D eigenvalue weighted by molar-refractivity contribution is 7.98. The van der Waals surface area contributed by atoms with Crippen LogP contribution in [0.3, 0.4) is 0 Å². The molecule has 6 heteroatoms. The number of hydrogen-bond acceptors (Lipinski definition) is 4. The van der Waals surface area contributed by atoms with Crippen molar-refractivity contribution in [2.75, 3.05) is 36.6 Å². The number of primary amides is 1. The lowest BCUT2D eigenvalue weighted by Crippen LogP contribution is -2.31. The van der Waals surface area contributed by atoms with Crippen LogP contribution >= 0.6 is 23.4 Å². The number of allylic oxidation sites excluding steroid dienone is 2. The SMILES string of the molecule is CC[C@@H]1CCN2CC(CCCc3cccc(Cl)c3)COc3ccc(C(N)=O)c(c32)[C@H]1/C=C/CCCSC. The van der Waals surface area contributed by atoms with Gasteiger partial charge in [0.1, 0.15) is 5.75 Å². The number of anilines is 1. The fraction of sp³-hybridized carbons (Fsp3) is 0.516. The van der Waals surface area contributed by atoms with Gasteiger partial charge in [0.15, 0.2) is 0 Å². The zero-order chi connectivity index (χ0) is 26.2. The summed E-state index contributed by atoms with van der Waals surface area (Å²) < 4.78 is 6.45. The topological polar surface area (TPSA) is 55.6 Å². The molecule has 2 aliphatic heterocycles. The molecular formula is C31H41ClN2O2S. The van der Waals surface area contributed by atoms with Gasteiger partial charge >= 0.3 is 0 Å². The maximum Gasteiger partial charge on any atom is 0.249 e. The quantitative estimate of drug-likeness (QED) is 0.237. The predicted octanol–water partition coefficient (Wildman–Crippen LogP) is 7.49. The summed E-state index contributed by atoms with van der Waals surface area (Å²) in [5.41, 5.74) is 10.1. The highest BCUT2D eigenvalue weighted by atomic mass is 35.5. The number of unbranched alkanes of at least 4 members (excludes halogenated alkanes) is 1. The van der Waals surface area contributed by atoms with E-state index in [4.69, 9.17) is 22.1 Å². The lowest BCUT2D eigenvalue weighted by Gasteiger charge is -2.28. The third-order valence-corrected chi connectivity index (χ3v) is 8.81. The molecule has 4 nitrogen and oxygen atoms in total. The average molecular weight is 541 g/mol. The molecule has 0 spiro atoms. The minimum absolute atomic E-state index is 0.171. The van der Waals surface area contributed by atoms with Crippen molar-refractivity contribution in [1.29, 1.82) is 0 Å². The Kier molecular flexibility index (Phi) is 10.3.